The molecular weight excluding hydrogens is 287 g/mol. The Morgan fingerprint density at radius 2 is 2.10 bits per heavy atom. The maximum atomic E-state index is 13.1. The van der Waals surface area contributed by atoms with Crippen molar-refractivity contribution in [3.05, 3.63) is 29.6 Å². The number of hydrogen-bond donors (Lipinski definition) is 3. The SMILES string of the molecule is CC(CS(C)=O)NC(=O)Nc1cc(F)ccc1C(=O)O. The highest BCUT2D eigenvalue weighted by molar-refractivity contribution is 7.84. The highest BCUT2D eigenvalue weighted by Crippen LogP contribution is 2.17. The van der Waals surface area contributed by atoms with Crippen LogP contribution in [0.25, 0.3) is 0 Å². The molecule has 0 aliphatic heterocycles. The first kappa shape index (κ1) is 16.1. The fraction of sp³-hybridized carbons (Fsp3) is 0.333. The molecule has 0 saturated heterocycles. The second kappa shape index (κ2) is 6.99. The zero-order chi connectivity index (χ0) is 15.3. The maximum absolute atomic E-state index is 13.1. The van der Waals surface area contributed by atoms with Gasteiger partial charge in [0.15, 0.2) is 0 Å². The smallest absolute Gasteiger partial charge is 0.337 e. The van der Waals surface area contributed by atoms with E-state index in [1.54, 1.807) is 6.92 Å². The summed E-state index contributed by atoms with van der Waals surface area (Å²) in [5.41, 5.74) is -0.354. The minimum Gasteiger partial charge on any atom is -0.478 e. The molecule has 8 heteroatoms. The number of rotatable bonds is 5. The van der Waals surface area contributed by atoms with Gasteiger partial charge in [-0.15, -0.1) is 0 Å². The molecule has 110 valence electrons. The predicted octanol–water partition coefficient (Wildman–Crippen LogP) is 1.41. The number of amides is 2. The second-order valence-electron chi connectivity index (χ2n) is 4.23. The van der Waals surface area contributed by atoms with Gasteiger partial charge >= 0.3 is 12.0 Å². The Balaban J connectivity index is 2.77. The quantitative estimate of drug-likeness (QED) is 0.766. The number of aromatic carboxylic acids is 1. The molecule has 0 spiro atoms. The van der Waals surface area contributed by atoms with Crippen molar-refractivity contribution in [3.8, 4) is 0 Å². The fourth-order valence-corrected chi connectivity index (χ4v) is 2.37. The summed E-state index contributed by atoms with van der Waals surface area (Å²) in [6.07, 6.45) is 1.51. The lowest BCUT2D eigenvalue weighted by atomic mass is 10.2. The molecule has 0 aliphatic rings. The number of carboxylic acids is 1. The van der Waals surface area contributed by atoms with Crippen molar-refractivity contribution in [1.82, 2.24) is 5.32 Å². The van der Waals surface area contributed by atoms with Gasteiger partial charge in [-0.1, -0.05) is 0 Å². The molecule has 6 nitrogen and oxygen atoms in total. The topological polar surface area (TPSA) is 95.5 Å². The van der Waals surface area contributed by atoms with E-state index >= 15 is 0 Å². The van der Waals surface area contributed by atoms with Crippen molar-refractivity contribution < 1.29 is 23.3 Å². The molecule has 0 fully saturated rings. The highest BCUT2D eigenvalue weighted by Gasteiger charge is 2.15. The van der Waals surface area contributed by atoms with Crippen molar-refractivity contribution in [2.24, 2.45) is 0 Å². The number of nitrogens with one attached hydrogen (secondary N) is 2. The average Bonchev–Trinajstić information content (AvgIpc) is 2.26. The Morgan fingerprint density at radius 3 is 2.65 bits per heavy atom. The number of benzene rings is 1. The molecule has 2 amide bonds. The molecule has 0 radical (unpaired) electrons. The third-order valence-corrected chi connectivity index (χ3v) is 3.29. The monoisotopic (exact) mass is 302 g/mol. The lowest BCUT2D eigenvalue weighted by Gasteiger charge is -2.14. The van der Waals surface area contributed by atoms with Gasteiger partial charge in [0.05, 0.1) is 11.3 Å². The normalized spacial score (nSPS) is 13.3. The van der Waals surface area contributed by atoms with Crippen LogP contribution < -0.4 is 10.6 Å². The summed E-state index contributed by atoms with van der Waals surface area (Å²) in [5, 5.41) is 13.7. The van der Waals surface area contributed by atoms with Gasteiger partial charge in [-0.05, 0) is 25.1 Å². The third-order valence-electron chi connectivity index (χ3n) is 2.32. The van der Waals surface area contributed by atoms with Gasteiger partial charge < -0.3 is 15.7 Å². The van der Waals surface area contributed by atoms with Crippen LogP contribution in [0.1, 0.15) is 17.3 Å². The van der Waals surface area contributed by atoms with E-state index in [-0.39, 0.29) is 23.0 Å². The van der Waals surface area contributed by atoms with Gasteiger partial charge in [-0.25, -0.2) is 14.0 Å². The first-order valence-electron chi connectivity index (χ1n) is 5.70. The van der Waals surface area contributed by atoms with Crippen molar-refractivity contribution in [1.29, 1.82) is 0 Å². The number of carbonyl (C=O) groups is 2. The molecule has 0 saturated carbocycles. The van der Waals surface area contributed by atoms with E-state index in [0.717, 1.165) is 18.2 Å². The Morgan fingerprint density at radius 1 is 1.45 bits per heavy atom. The van der Waals surface area contributed by atoms with Crippen LogP contribution in [0.3, 0.4) is 0 Å². The van der Waals surface area contributed by atoms with Gasteiger partial charge in [0, 0.05) is 28.9 Å². The molecule has 0 bridgehead atoms. The van der Waals surface area contributed by atoms with Gasteiger partial charge in [0.2, 0.25) is 0 Å². The zero-order valence-electron chi connectivity index (χ0n) is 11.0. The highest BCUT2D eigenvalue weighted by atomic mass is 32.2. The number of anilines is 1. The van der Waals surface area contributed by atoms with Crippen molar-refractivity contribution in [2.75, 3.05) is 17.3 Å². The summed E-state index contributed by atoms with van der Waals surface area (Å²) in [7, 11) is -1.07. The van der Waals surface area contributed by atoms with E-state index in [1.165, 1.54) is 6.26 Å². The van der Waals surface area contributed by atoms with Crippen LogP contribution in [0.5, 0.6) is 0 Å². The van der Waals surface area contributed by atoms with E-state index in [4.69, 9.17) is 5.11 Å². The number of hydrogen-bond acceptors (Lipinski definition) is 3. The van der Waals surface area contributed by atoms with Gasteiger partial charge in [0.25, 0.3) is 0 Å². The Kier molecular flexibility index (Phi) is 5.63. The average molecular weight is 302 g/mol. The molecule has 20 heavy (non-hydrogen) atoms. The maximum Gasteiger partial charge on any atom is 0.337 e. The lowest BCUT2D eigenvalue weighted by Crippen LogP contribution is -2.39. The Labute approximate surface area is 117 Å². The van der Waals surface area contributed by atoms with E-state index in [2.05, 4.69) is 10.6 Å². The van der Waals surface area contributed by atoms with Crippen LogP contribution in [0.4, 0.5) is 14.9 Å². The van der Waals surface area contributed by atoms with Gasteiger partial charge in [-0.2, -0.15) is 0 Å². The Bertz CT molecular complexity index is 550. The summed E-state index contributed by atoms with van der Waals surface area (Å²) >= 11 is 0. The minimum atomic E-state index is -1.27. The first-order valence-corrected chi connectivity index (χ1v) is 7.42. The number of carboxylic acid groups (broad SMARTS) is 1. The molecule has 2 atom stereocenters. The summed E-state index contributed by atoms with van der Waals surface area (Å²) in [6.45, 7) is 1.66. The largest absolute Gasteiger partial charge is 0.478 e. The van der Waals surface area contributed by atoms with E-state index < -0.39 is 28.6 Å². The van der Waals surface area contributed by atoms with Crippen LogP contribution in [-0.2, 0) is 10.8 Å². The standard InChI is InChI=1S/C12H15FN2O4S/c1-7(6-20(2)19)14-12(18)15-10-5-8(13)3-4-9(10)11(16)17/h3-5,7H,6H2,1-2H3,(H,16,17)(H2,14,15,18). The van der Waals surface area contributed by atoms with E-state index in [9.17, 15) is 18.2 Å². The van der Waals surface area contributed by atoms with Gasteiger partial charge in [-0.3, -0.25) is 4.21 Å². The van der Waals surface area contributed by atoms with Gasteiger partial charge in [0.1, 0.15) is 5.82 Å². The van der Waals surface area contributed by atoms with E-state index in [1.807, 2.05) is 0 Å². The van der Waals surface area contributed by atoms with Crippen molar-refractivity contribution in [3.63, 3.8) is 0 Å². The Hall–Kier alpha value is -1.96. The summed E-state index contributed by atoms with van der Waals surface area (Å²) in [6, 6.07) is 1.94. The summed E-state index contributed by atoms with van der Waals surface area (Å²) < 4.78 is 24.1. The minimum absolute atomic E-state index is 0.139. The molecule has 0 heterocycles. The van der Waals surface area contributed by atoms with Crippen molar-refractivity contribution >= 4 is 28.5 Å². The van der Waals surface area contributed by atoms with Crippen molar-refractivity contribution in [2.45, 2.75) is 13.0 Å². The second-order valence-corrected chi connectivity index (χ2v) is 5.71. The molecule has 1 rings (SSSR count). The van der Waals surface area contributed by atoms with Crippen LogP contribution in [0.2, 0.25) is 0 Å². The number of halogens is 1. The van der Waals surface area contributed by atoms with Crippen LogP contribution >= 0.6 is 0 Å². The van der Waals surface area contributed by atoms with E-state index in [0.29, 0.717) is 0 Å². The number of carbonyl (C=O) groups excluding carboxylic acids is 1. The predicted molar refractivity (Wildman–Crippen MR) is 73.9 cm³/mol. The fourth-order valence-electron chi connectivity index (χ4n) is 1.58. The summed E-state index contributed by atoms with van der Waals surface area (Å²) in [4.78, 5) is 22.6. The summed E-state index contributed by atoms with van der Waals surface area (Å²) in [5.74, 6) is -1.67. The van der Waals surface area contributed by atoms with Crippen LogP contribution in [0.15, 0.2) is 18.2 Å². The number of urea groups is 1. The molecular formula is C12H15FN2O4S. The lowest BCUT2D eigenvalue weighted by molar-refractivity contribution is 0.0698. The molecule has 0 aliphatic carbocycles. The zero-order valence-corrected chi connectivity index (χ0v) is 11.8. The third kappa shape index (κ3) is 4.96. The molecule has 1 aromatic carbocycles. The van der Waals surface area contributed by atoms with Crippen LogP contribution in [-0.4, -0.2) is 39.4 Å². The molecule has 2 unspecified atom stereocenters. The van der Waals surface area contributed by atoms with Crippen LogP contribution in [0, 0.1) is 5.82 Å². The molecule has 1 aromatic rings. The molecule has 3 N–H and O–H groups in total. The first-order chi connectivity index (χ1) is 9.29. The molecule has 0 aromatic heterocycles.